The van der Waals surface area contributed by atoms with Crippen LogP contribution in [0.25, 0.3) is 6.08 Å². The number of hydrogen-bond donors (Lipinski definition) is 0. The molecular formula is C19H15ClN2S. The second-order valence-electron chi connectivity index (χ2n) is 5.16. The minimum atomic E-state index is 0.120. The lowest BCUT2D eigenvalue weighted by atomic mass is 9.98. The van der Waals surface area contributed by atoms with Gasteiger partial charge in [-0.05, 0) is 60.9 Å². The summed E-state index contributed by atoms with van der Waals surface area (Å²) < 4.78 is 0. The first-order valence-electron chi connectivity index (χ1n) is 7.04. The van der Waals surface area contributed by atoms with Gasteiger partial charge in [-0.3, -0.25) is 0 Å². The average molecular weight is 339 g/mol. The molecule has 0 unspecified atom stereocenters. The fraction of sp³-hybridized carbons (Fsp3) is 0.158. The molecule has 4 heteroatoms. The van der Waals surface area contributed by atoms with Crippen molar-refractivity contribution in [2.45, 2.75) is 24.5 Å². The third kappa shape index (κ3) is 4.63. The van der Waals surface area contributed by atoms with E-state index >= 15 is 0 Å². The molecule has 0 heterocycles. The molecule has 0 atom stereocenters. The second kappa shape index (κ2) is 7.88. The van der Waals surface area contributed by atoms with Gasteiger partial charge in [-0.2, -0.15) is 10.5 Å². The Morgan fingerprint density at radius 2 is 1.78 bits per heavy atom. The number of thioether (sulfide) groups is 1. The minimum absolute atomic E-state index is 0.120. The predicted octanol–water partition coefficient (Wildman–Crippen LogP) is 5.68. The van der Waals surface area contributed by atoms with Gasteiger partial charge in [0.1, 0.15) is 17.7 Å². The summed E-state index contributed by atoms with van der Waals surface area (Å²) in [7, 11) is 0. The number of hydrogen-bond acceptors (Lipinski definition) is 3. The summed E-state index contributed by atoms with van der Waals surface area (Å²) in [5.74, 6) is 0.824. The number of allylic oxidation sites excluding steroid dienone is 1. The third-order valence-corrected chi connectivity index (χ3v) is 4.76. The van der Waals surface area contributed by atoms with E-state index in [2.05, 4.69) is 6.07 Å². The summed E-state index contributed by atoms with van der Waals surface area (Å²) in [6, 6.07) is 15.7. The van der Waals surface area contributed by atoms with Crippen molar-refractivity contribution in [2.24, 2.45) is 0 Å². The molecule has 0 aromatic heterocycles. The Morgan fingerprint density at radius 1 is 1.13 bits per heavy atom. The van der Waals surface area contributed by atoms with Crippen LogP contribution in [0, 0.1) is 36.5 Å². The lowest BCUT2D eigenvalue weighted by molar-refractivity contribution is 1.25. The molecule has 0 aliphatic rings. The summed E-state index contributed by atoms with van der Waals surface area (Å²) in [6.45, 7) is 4.04. The largest absolute Gasteiger partial charge is 0.192 e. The summed E-state index contributed by atoms with van der Waals surface area (Å²) >= 11 is 7.64. The molecule has 0 aliphatic heterocycles. The molecule has 2 aromatic carbocycles. The summed E-state index contributed by atoms with van der Waals surface area (Å²) in [6.07, 6.45) is 1.65. The maximum atomic E-state index is 8.94. The second-order valence-corrected chi connectivity index (χ2v) is 6.65. The average Bonchev–Trinajstić information content (AvgIpc) is 2.55. The molecule has 0 saturated carbocycles. The smallest absolute Gasteiger partial charge is 0.130 e. The SMILES string of the molecule is Cc1cc(C=C(C#N)C#N)c(C)c(CSc2ccc(Cl)cc2)c1. The molecule has 0 saturated heterocycles. The first-order valence-corrected chi connectivity index (χ1v) is 8.40. The molecule has 2 aromatic rings. The van der Waals surface area contributed by atoms with E-state index in [1.165, 1.54) is 5.56 Å². The topological polar surface area (TPSA) is 47.6 Å². The number of rotatable bonds is 4. The van der Waals surface area contributed by atoms with Crippen LogP contribution in [0.5, 0.6) is 0 Å². The van der Waals surface area contributed by atoms with Gasteiger partial charge >= 0.3 is 0 Å². The maximum absolute atomic E-state index is 8.94. The third-order valence-electron chi connectivity index (χ3n) is 3.45. The van der Waals surface area contributed by atoms with E-state index < -0.39 is 0 Å². The standard InChI is InChI=1S/C19H15ClN2S/c1-13-7-16(9-15(10-21)11-22)14(2)17(8-13)12-23-19-5-3-18(20)4-6-19/h3-9H,12H2,1-2H3. The van der Waals surface area contributed by atoms with E-state index in [0.29, 0.717) is 0 Å². The molecule has 0 aliphatic carbocycles. The fourth-order valence-electron chi connectivity index (χ4n) is 2.20. The highest BCUT2D eigenvalue weighted by atomic mass is 35.5. The van der Waals surface area contributed by atoms with E-state index in [-0.39, 0.29) is 5.57 Å². The summed E-state index contributed by atoms with van der Waals surface area (Å²) in [4.78, 5) is 1.15. The highest BCUT2D eigenvalue weighted by molar-refractivity contribution is 7.98. The zero-order valence-electron chi connectivity index (χ0n) is 12.9. The van der Waals surface area contributed by atoms with Gasteiger partial charge in [0.25, 0.3) is 0 Å². The molecule has 0 amide bonds. The van der Waals surface area contributed by atoms with Gasteiger partial charge in [0.05, 0.1) is 0 Å². The molecule has 0 bridgehead atoms. The van der Waals surface area contributed by atoms with E-state index in [9.17, 15) is 0 Å². The molecular weight excluding hydrogens is 324 g/mol. The molecule has 0 N–H and O–H groups in total. The van der Waals surface area contributed by atoms with Crippen molar-refractivity contribution < 1.29 is 0 Å². The minimum Gasteiger partial charge on any atom is -0.192 e. The van der Waals surface area contributed by atoms with Crippen molar-refractivity contribution in [1.29, 1.82) is 10.5 Å². The van der Waals surface area contributed by atoms with Gasteiger partial charge < -0.3 is 0 Å². The lowest BCUT2D eigenvalue weighted by Crippen LogP contribution is -1.93. The zero-order valence-corrected chi connectivity index (χ0v) is 14.5. The Labute approximate surface area is 146 Å². The number of nitriles is 2. The van der Waals surface area contributed by atoms with Crippen LogP contribution in [-0.4, -0.2) is 0 Å². The van der Waals surface area contributed by atoms with E-state index in [1.807, 2.05) is 56.3 Å². The first-order chi connectivity index (χ1) is 11.0. The van der Waals surface area contributed by atoms with Crippen LogP contribution in [0.4, 0.5) is 0 Å². The Morgan fingerprint density at radius 3 is 2.39 bits per heavy atom. The van der Waals surface area contributed by atoms with Gasteiger partial charge in [-0.1, -0.05) is 29.3 Å². The van der Waals surface area contributed by atoms with Crippen LogP contribution >= 0.6 is 23.4 Å². The Balaban J connectivity index is 2.28. The van der Waals surface area contributed by atoms with Crippen LogP contribution in [0.1, 0.15) is 22.3 Å². The summed E-state index contributed by atoms with van der Waals surface area (Å²) in [5.41, 5.74) is 4.46. The van der Waals surface area contributed by atoms with Gasteiger partial charge in [-0.15, -0.1) is 11.8 Å². The van der Waals surface area contributed by atoms with Crippen molar-refractivity contribution in [1.82, 2.24) is 0 Å². The monoisotopic (exact) mass is 338 g/mol. The van der Waals surface area contributed by atoms with Gasteiger partial charge in [0.15, 0.2) is 0 Å². The quantitative estimate of drug-likeness (QED) is 0.532. The van der Waals surface area contributed by atoms with Gasteiger partial charge in [0, 0.05) is 15.7 Å². The van der Waals surface area contributed by atoms with E-state index in [1.54, 1.807) is 17.8 Å². The Hall–Kier alpha value is -2.20. The number of aryl methyl sites for hydroxylation is 1. The van der Waals surface area contributed by atoms with Gasteiger partial charge in [0.2, 0.25) is 0 Å². The predicted molar refractivity (Wildman–Crippen MR) is 96.1 cm³/mol. The highest BCUT2D eigenvalue weighted by Gasteiger charge is 2.07. The molecule has 0 radical (unpaired) electrons. The molecule has 23 heavy (non-hydrogen) atoms. The highest BCUT2D eigenvalue weighted by Crippen LogP contribution is 2.28. The Bertz CT molecular complexity index is 808. The van der Waals surface area contributed by atoms with Crippen LogP contribution < -0.4 is 0 Å². The van der Waals surface area contributed by atoms with Crippen LogP contribution in [0.15, 0.2) is 46.9 Å². The van der Waals surface area contributed by atoms with Crippen LogP contribution in [-0.2, 0) is 5.75 Å². The Kier molecular flexibility index (Phi) is 5.88. The fourth-order valence-corrected chi connectivity index (χ4v) is 3.28. The van der Waals surface area contributed by atoms with Crippen molar-refractivity contribution in [3.8, 4) is 12.1 Å². The van der Waals surface area contributed by atoms with Gasteiger partial charge in [-0.25, -0.2) is 0 Å². The van der Waals surface area contributed by atoms with Crippen molar-refractivity contribution in [2.75, 3.05) is 0 Å². The first kappa shape index (κ1) is 17.2. The van der Waals surface area contributed by atoms with Crippen molar-refractivity contribution in [3.63, 3.8) is 0 Å². The van der Waals surface area contributed by atoms with E-state index in [4.69, 9.17) is 22.1 Å². The summed E-state index contributed by atoms with van der Waals surface area (Å²) in [5, 5.41) is 18.6. The maximum Gasteiger partial charge on any atom is 0.130 e. The number of benzene rings is 2. The zero-order chi connectivity index (χ0) is 16.8. The lowest BCUT2D eigenvalue weighted by Gasteiger charge is -2.11. The number of nitrogens with zero attached hydrogens (tertiary/aromatic N) is 2. The molecule has 0 spiro atoms. The molecule has 114 valence electrons. The molecule has 2 nitrogen and oxygen atoms in total. The van der Waals surface area contributed by atoms with Crippen molar-refractivity contribution >= 4 is 29.4 Å². The normalized spacial score (nSPS) is 9.78. The molecule has 0 fully saturated rings. The van der Waals surface area contributed by atoms with Crippen molar-refractivity contribution in [3.05, 3.63) is 69.2 Å². The van der Waals surface area contributed by atoms with Crippen LogP contribution in [0.3, 0.4) is 0 Å². The molecule has 2 rings (SSSR count). The number of halogens is 1. The van der Waals surface area contributed by atoms with Crippen LogP contribution in [0.2, 0.25) is 5.02 Å². The van der Waals surface area contributed by atoms with E-state index in [0.717, 1.165) is 32.4 Å².